The molecule has 3 aromatic carbocycles. The summed E-state index contributed by atoms with van der Waals surface area (Å²) in [4.78, 5) is 18.1. The molecule has 3 heterocycles. The van der Waals surface area contributed by atoms with Gasteiger partial charge in [-0.2, -0.15) is 5.26 Å². The highest BCUT2D eigenvalue weighted by atomic mass is 16.6. The van der Waals surface area contributed by atoms with E-state index in [2.05, 4.69) is 30.1 Å². The molecule has 0 saturated carbocycles. The maximum atomic E-state index is 12.1. The van der Waals surface area contributed by atoms with E-state index in [0.29, 0.717) is 44.9 Å². The second kappa shape index (κ2) is 11.3. The quantitative estimate of drug-likeness (QED) is 0.333. The molecule has 0 amide bonds. The molecule has 1 N–H and O–H groups in total. The molecule has 0 spiro atoms. The van der Waals surface area contributed by atoms with Crippen molar-refractivity contribution in [2.24, 2.45) is 0 Å². The molecular formula is C33H29N3O5. The number of carboxylic acid groups (broad SMARTS) is 1. The predicted octanol–water partition coefficient (Wildman–Crippen LogP) is 5.29. The molecule has 8 nitrogen and oxygen atoms in total. The maximum Gasteiger partial charge on any atom is 0.321 e. The number of hydrogen-bond acceptors (Lipinski definition) is 7. The van der Waals surface area contributed by atoms with Crippen molar-refractivity contribution in [1.82, 2.24) is 9.88 Å². The highest BCUT2D eigenvalue weighted by Crippen LogP contribution is 2.36. The van der Waals surface area contributed by atoms with Crippen LogP contribution in [0.25, 0.3) is 11.1 Å². The molecule has 0 radical (unpaired) electrons. The van der Waals surface area contributed by atoms with Crippen molar-refractivity contribution in [3.8, 4) is 34.4 Å². The lowest BCUT2D eigenvalue weighted by atomic mass is 9.93. The lowest BCUT2D eigenvalue weighted by molar-refractivity contribution is -0.144. The van der Waals surface area contributed by atoms with Crippen molar-refractivity contribution in [2.45, 2.75) is 39.1 Å². The summed E-state index contributed by atoms with van der Waals surface area (Å²) in [7, 11) is 0. The van der Waals surface area contributed by atoms with Crippen molar-refractivity contribution in [3.05, 3.63) is 106 Å². The summed E-state index contributed by atoms with van der Waals surface area (Å²) in [5.41, 5.74) is 7.67. The van der Waals surface area contributed by atoms with Crippen LogP contribution in [-0.2, 0) is 30.9 Å². The first kappa shape index (κ1) is 26.4. The lowest BCUT2D eigenvalue weighted by Crippen LogP contribution is -2.45. The van der Waals surface area contributed by atoms with E-state index < -0.39 is 12.0 Å². The number of benzene rings is 3. The molecular weight excluding hydrogens is 518 g/mol. The minimum Gasteiger partial charge on any atom is -0.489 e. The van der Waals surface area contributed by atoms with Crippen LogP contribution in [0, 0.1) is 18.3 Å². The number of pyridine rings is 1. The summed E-state index contributed by atoms with van der Waals surface area (Å²) in [6.07, 6.45) is 3.57. The van der Waals surface area contributed by atoms with Crippen molar-refractivity contribution in [3.63, 3.8) is 0 Å². The Balaban J connectivity index is 1.19. The van der Waals surface area contributed by atoms with Crippen molar-refractivity contribution in [2.75, 3.05) is 13.2 Å². The zero-order valence-corrected chi connectivity index (χ0v) is 22.7. The predicted molar refractivity (Wildman–Crippen MR) is 152 cm³/mol. The van der Waals surface area contributed by atoms with E-state index in [4.69, 9.17) is 14.2 Å². The van der Waals surface area contributed by atoms with Gasteiger partial charge in [0, 0.05) is 25.5 Å². The van der Waals surface area contributed by atoms with Gasteiger partial charge in [0.15, 0.2) is 11.5 Å². The number of carbonyl (C=O) groups is 1. The van der Waals surface area contributed by atoms with E-state index in [1.807, 2.05) is 47.4 Å². The summed E-state index contributed by atoms with van der Waals surface area (Å²) in [5, 5.41) is 19.1. The Hall–Kier alpha value is -4.87. The smallest absolute Gasteiger partial charge is 0.321 e. The number of hydrogen-bond donors (Lipinski definition) is 1. The molecule has 206 valence electrons. The Morgan fingerprint density at radius 3 is 2.76 bits per heavy atom. The van der Waals surface area contributed by atoms with E-state index in [1.165, 1.54) is 6.20 Å². The van der Waals surface area contributed by atoms with E-state index in [1.54, 1.807) is 12.3 Å². The summed E-state index contributed by atoms with van der Waals surface area (Å²) < 4.78 is 17.7. The van der Waals surface area contributed by atoms with Gasteiger partial charge < -0.3 is 19.3 Å². The number of rotatable bonds is 7. The number of nitriles is 1. The third-order valence-corrected chi connectivity index (χ3v) is 7.69. The highest BCUT2D eigenvalue weighted by molar-refractivity contribution is 5.74. The van der Waals surface area contributed by atoms with Gasteiger partial charge in [0.2, 0.25) is 0 Å². The van der Waals surface area contributed by atoms with Crippen molar-refractivity contribution < 1.29 is 24.1 Å². The molecule has 4 aromatic rings. The van der Waals surface area contributed by atoms with Gasteiger partial charge >= 0.3 is 5.97 Å². The molecule has 0 fully saturated rings. The topological polar surface area (TPSA) is 105 Å². The van der Waals surface area contributed by atoms with E-state index in [9.17, 15) is 15.2 Å². The average Bonchev–Trinajstić information content (AvgIpc) is 3.00. The zero-order valence-electron chi connectivity index (χ0n) is 22.7. The number of ether oxygens (including phenoxy) is 3. The van der Waals surface area contributed by atoms with Gasteiger partial charge in [-0.15, -0.1) is 0 Å². The number of carboxylic acids is 1. The summed E-state index contributed by atoms with van der Waals surface area (Å²) >= 11 is 0. The Morgan fingerprint density at radius 2 is 1.93 bits per heavy atom. The standard InChI is InChI=1S/C33H29N3O5/c1-21-26(3-2-4-29(21)25-6-8-31-32(14-25)40-10-9-39-31)20-41-28-7-5-24-13-30(33(37)38)36(19-27(24)12-28)18-23-11-22(15-34)16-35-17-23/h2-8,11-12,14,16-17,30H,9-10,13,18-20H2,1H3,(H,37,38)/t30-/m0/s1. The van der Waals surface area contributed by atoms with E-state index in [0.717, 1.165) is 56.2 Å². The number of aliphatic carboxylic acids is 1. The molecule has 0 bridgehead atoms. The van der Waals surface area contributed by atoms with E-state index >= 15 is 0 Å². The fraction of sp³-hybridized carbons (Fsp3) is 0.242. The average molecular weight is 548 g/mol. The number of nitrogens with zero attached hydrogens (tertiary/aromatic N) is 3. The third-order valence-electron chi connectivity index (χ3n) is 7.69. The summed E-state index contributed by atoms with van der Waals surface area (Å²) in [5.74, 6) is 1.39. The van der Waals surface area contributed by atoms with Gasteiger partial charge in [0.25, 0.3) is 0 Å². The maximum absolute atomic E-state index is 12.1. The zero-order chi connectivity index (χ0) is 28.3. The molecule has 6 rings (SSSR count). The van der Waals surface area contributed by atoms with Gasteiger partial charge in [-0.1, -0.05) is 30.3 Å². The molecule has 41 heavy (non-hydrogen) atoms. The van der Waals surface area contributed by atoms with Crippen molar-refractivity contribution in [1.29, 1.82) is 5.26 Å². The fourth-order valence-electron chi connectivity index (χ4n) is 5.51. The minimum atomic E-state index is -0.867. The number of fused-ring (bicyclic) bond motifs is 2. The Labute approximate surface area is 238 Å². The van der Waals surface area contributed by atoms with Gasteiger partial charge in [-0.25, -0.2) is 0 Å². The van der Waals surface area contributed by atoms with Crippen LogP contribution in [0.1, 0.15) is 33.4 Å². The second-order valence-electron chi connectivity index (χ2n) is 10.3. The third kappa shape index (κ3) is 5.58. The minimum absolute atomic E-state index is 0.385. The van der Waals surface area contributed by atoms with Gasteiger partial charge in [-0.3, -0.25) is 14.7 Å². The molecule has 2 aliphatic heterocycles. The molecule has 0 unspecified atom stereocenters. The number of aromatic nitrogens is 1. The van der Waals surface area contributed by atoms with Crippen LogP contribution in [0.5, 0.6) is 17.2 Å². The van der Waals surface area contributed by atoms with Crippen LogP contribution in [-0.4, -0.2) is 40.2 Å². The van der Waals surface area contributed by atoms with E-state index in [-0.39, 0.29) is 0 Å². The molecule has 1 atom stereocenters. The lowest BCUT2D eigenvalue weighted by Gasteiger charge is -2.34. The molecule has 8 heteroatoms. The Morgan fingerprint density at radius 1 is 1.07 bits per heavy atom. The first-order valence-corrected chi connectivity index (χ1v) is 13.5. The van der Waals surface area contributed by atoms with Crippen LogP contribution in [0.2, 0.25) is 0 Å². The van der Waals surface area contributed by atoms with Gasteiger partial charge in [0.1, 0.15) is 37.7 Å². The normalized spacial score (nSPS) is 16.0. The van der Waals surface area contributed by atoms with Crippen LogP contribution < -0.4 is 14.2 Å². The van der Waals surface area contributed by atoms with Crippen LogP contribution in [0.4, 0.5) is 0 Å². The first-order chi connectivity index (χ1) is 20.0. The molecule has 2 aliphatic rings. The highest BCUT2D eigenvalue weighted by Gasteiger charge is 2.31. The SMILES string of the molecule is Cc1c(COc2ccc3c(c2)CN(Cc2cncc(C#N)c2)[C@H](C(=O)O)C3)cccc1-c1ccc2c(c1)OCCO2. The molecule has 0 saturated heterocycles. The van der Waals surface area contributed by atoms with Gasteiger partial charge in [-0.05, 0) is 82.6 Å². The first-order valence-electron chi connectivity index (χ1n) is 13.5. The Bertz CT molecular complexity index is 1660. The van der Waals surface area contributed by atoms with Gasteiger partial charge in [0.05, 0.1) is 5.56 Å². The fourth-order valence-corrected chi connectivity index (χ4v) is 5.51. The van der Waals surface area contributed by atoms with Crippen molar-refractivity contribution >= 4 is 5.97 Å². The second-order valence-corrected chi connectivity index (χ2v) is 10.3. The van der Waals surface area contributed by atoms with Crippen LogP contribution >= 0.6 is 0 Å². The summed E-state index contributed by atoms with van der Waals surface area (Å²) in [6, 6.07) is 21.3. The largest absolute Gasteiger partial charge is 0.489 e. The Kier molecular flexibility index (Phi) is 7.28. The monoisotopic (exact) mass is 547 g/mol. The van der Waals surface area contributed by atoms with Crippen LogP contribution in [0.3, 0.4) is 0 Å². The molecule has 0 aliphatic carbocycles. The summed E-state index contributed by atoms with van der Waals surface area (Å²) in [6.45, 7) is 4.45. The van der Waals surface area contributed by atoms with Crippen LogP contribution in [0.15, 0.2) is 73.1 Å². The molecule has 1 aromatic heterocycles.